The van der Waals surface area contributed by atoms with Crippen LogP contribution in [0.3, 0.4) is 0 Å². The topological polar surface area (TPSA) is 72.8 Å². The smallest absolute Gasteiger partial charge is 0.303 e. The molecule has 1 aromatic heterocycles. The molecule has 0 aliphatic heterocycles. The van der Waals surface area contributed by atoms with E-state index in [0.717, 1.165) is 4.88 Å². The van der Waals surface area contributed by atoms with E-state index in [2.05, 4.69) is 0 Å². The molecule has 7 heteroatoms. The molecule has 2 aromatic rings. The number of hydrogen-bond acceptors (Lipinski definition) is 5. The van der Waals surface area contributed by atoms with Crippen LogP contribution in [0.4, 0.5) is 4.39 Å². The molecule has 0 saturated heterocycles. The van der Waals surface area contributed by atoms with Crippen LogP contribution in [0.5, 0.6) is 11.5 Å². The van der Waals surface area contributed by atoms with Crippen LogP contribution < -0.4 is 9.47 Å². The molecule has 1 N–H and O–H groups in total. The second-order valence-corrected chi connectivity index (χ2v) is 5.87. The minimum absolute atomic E-state index is 0.124. The van der Waals surface area contributed by atoms with Gasteiger partial charge in [-0.1, -0.05) is 6.07 Å². The van der Waals surface area contributed by atoms with E-state index in [1.54, 1.807) is 12.1 Å². The summed E-state index contributed by atoms with van der Waals surface area (Å²) in [6.45, 7) is 0.183. The van der Waals surface area contributed by atoms with Gasteiger partial charge in [-0.05, 0) is 24.1 Å². The lowest BCUT2D eigenvalue weighted by Crippen LogP contribution is -2.00. The van der Waals surface area contributed by atoms with Gasteiger partial charge in [-0.25, -0.2) is 4.39 Å². The number of halogens is 1. The van der Waals surface area contributed by atoms with Crippen molar-refractivity contribution in [3.8, 4) is 11.5 Å². The largest absolute Gasteiger partial charge is 0.495 e. The number of carboxylic acid groups (broad SMARTS) is 1. The van der Waals surface area contributed by atoms with Crippen molar-refractivity contribution >= 4 is 23.6 Å². The van der Waals surface area contributed by atoms with Crippen LogP contribution >= 0.6 is 11.3 Å². The van der Waals surface area contributed by atoms with Gasteiger partial charge >= 0.3 is 5.97 Å². The van der Waals surface area contributed by atoms with E-state index in [4.69, 9.17) is 14.6 Å². The first-order valence-electron chi connectivity index (χ1n) is 6.78. The van der Waals surface area contributed by atoms with Gasteiger partial charge in [0.25, 0.3) is 0 Å². The fraction of sp³-hybridized carbons (Fsp3) is 0.250. The molecule has 0 unspecified atom stereocenters. The molecular formula is C16H15FO5S. The Morgan fingerprint density at radius 2 is 2.17 bits per heavy atom. The molecule has 23 heavy (non-hydrogen) atoms. The zero-order valence-electron chi connectivity index (χ0n) is 12.4. The molecule has 0 spiro atoms. The van der Waals surface area contributed by atoms with Crippen molar-refractivity contribution in [3.63, 3.8) is 0 Å². The lowest BCUT2D eigenvalue weighted by atomic mass is 10.1. The number of methoxy groups -OCH3 is 1. The molecular weight excluding hydrogens is 323 g/mol. The Hall–Kier alpha value is -2.41. The van der Waals surface area contributed by atoms with Crippen molar-refractivity contribution in [1.29, 1.82) is 0 Å². The van der Waals surface area contributed by atoms with Crippen LogP contribution in [0.25, 0.3) is 0 Å². The summed E-state index contributed by atoms with van der Waals surface area (Å²) in [6.07, 6.45) is 0.719. The van der Waals surface area contributed by atoms with E-state index in [-0.39, 0.29) is 19.4 Å². The number of rotatable bonds is 8. The van der Waals surface area contributed by atoms with Gasteiger partial charge in [0.2, 0.25) is 0 Å². The summed E-state index contributed by atoms with van der Waals surface area (Å²) in [5.74, 6) is -0.649. The van der Waals surface area contributed by atoms with Crippen molar-refractivity contribution in [2.75, 3.05) is 7.11 Å². The van der Waals surface area contributed by atoms with Crippen LogP contribution in [0.15, 0.2) is 24.3 Å². The van der Waals surface area contributed by atoms with Crippen LogP contribution in [-0.2, 0) is 17.8 Å². The first-order chi connectivity index (χ1) is 11.0. The summed E-state index contributed by atoms with van der Waals surface area (Å²) in [5, 5.41) is 8.61. The van der Waals surface area contributed by atoms with E-state index in [1.165, 1.54) is 30.6 Å². The van der Waals surface area contributed by atoms with E-state index < -0.39 is 11.8 Å². The predicted octanol–water partition coefficient (Wildman–Crippen LogP) is 3.30. The van der Waals surface area contributed by atoms with Gasteiger partial charge < -0.3 is 14.6 Å². The van der Waals surface area contributed by atoms with Gasteiger partial charge in [-0.3, -0.25) is 9.59 Å². The molecule has 0 amide bonds. The van der Waals surface area contributed by atoms with Crippen LogP contribution in [0.1, 0.15) is 26.5 Å². The first kappa shape index (κ1) is 17.0. The Morgan fingerprint density at radius 3 is 2.74 bits per heavy atom. The minimum atomic E-state index is -0.970. The number of aliphatic carboxylic acids is 1. The maximum absolute atomic E-state index is 13.9. The number of carbonyl (C=O) groups excluding carboxylic acids is 1. The number of carbonyl (C=O) groups is 2. The zero-order chi connectivity index (χ0) is 16.8. The van der Waals surface area contributed by atoms with Crippen molar-refractivity contribution in [2.24, 2.45) is 0 Å². The molecule has 0 radical (unpaired) electrons. The Kier molecular flexibility index (Phi) is 5.70. The molecule has 1 aromatic carbocycles. The summed E-state index contributed by atoms with van der Waals surface area (Å²) < 4.78 is 24.4. The Morgan fingerprint density at radius 1 is 1.39 bits per heavy atom. The normalized spacial score (nSPS) is 10.3. The molecule has 2 rings (SSSR count). The Balaban J connectivity index is 2.00. The summed E-state index contributed by atoms with van der Waals surface area (Å²) in [5.41, 5.74) is 0.334. The fourth-order valence-electron chi connectivity index (χ4n) is 1.97. The number of thiophene rings is 1. The van der Waals surface area contributed by atoms with Gasteiger partial charge in [0.05, 0.1) is 7.11 Å². The lowest BCUT2D eigenvalue weighted by molar-refractivity contribution is -0.136. The van der Waals surface area contributed by atoms with Crippen LogP contribution in [0, 0.1) is 5.82 Å². The Bertz CT molecular complexity index is 710. The third kappa shape index (κ3) is 4.53. The van der Waals surface area contributed by atoms with E-state index in [9.17, 15) is 14.0 Å². The molecule has 0 fully saturated rings. The number of carboxylic acids is 1. The predicted molar refractivity (Wildman–Crippen MR) is 82.9 cm³/mol. The highest BCUT2D eigenvalue weighted by atomic mass is 32.1. The fourth-order valence-corrected chi connectivity index (χ4v) is 2.83. The summed E-state index contributed by atoms with van der Waals surface area (Å²) in [7, 11) is 1.48. The SMILES string of the molecule is COc1cc(COc2ccc(CCC(=O)O)c(F)c2)sc1C=O. The molecule has 0 atom stereocenters. The summed E-state index contributed by atoms with van der Waals surface area (Å²) in [6, 6.07) is 6.03. The molecule has 122 valence electrons. The number of aryl methyl sites for hydroxylation is 1. The molecule has 0 aliphatic rings. The monoisotopic (exact) mass is 338 g/mol. The maximum atomic E-state index is 13.9. The van der Waals surface area contributed by atoms with E-state index in [1.807, 2.05) is 0 Å². The summed E-state index contributed by atoms with van der Waals surface area (Å²) in [4.78, 5) is 22.6. The molecule has 0 aliphatic carbocycles. The van der Waals surface area contributed by atoms with Crippen molar-refractivity contribution in [1.82, 2.24) is 0 Å². The highest BCUT2D eigenvalue weighted by Gasteiger charge is 2.10. The average Bonchev–Trinajstić information content (AvgIpc) is 2.94. The number of aldehydes is 1. The maximum Gasteiger partial charge on any atom is 0.303 e. The average molecular weight is 338 g/mol. The minimum Gasteiger partial charge on any atom is -0.495 e. The number of ether oxygens (including phenoxy) is 2. The van der Waals surface area contributed by atoms with Gasteiger partial charge in [-0.2, -0.15) is 0 Å². The highest BCUT2D eigenvalue weighted by molar-refractivity contribution is 7.14. The third-order valence-electron chi connectivity index (χ3n) is 3.12. The van der Waals surface area contributed by atoms with Gasteiger partial charge in [0.1, 0.15) is 28.8 Å². The number of benzene rings is 1. The van der Waals surface area contributed by atoms with Crippen LogP contribution in [0.2, 0.25) is 0 Å². The van der Waals surface area contributed by atoms with Crippen LogP contribution in [-0.4, -0.2) is 24.5 Å². The van der Waals surface area contributed by atoms with E-state index >= 15 is 0 Å². The van der Waals surface area contributed by atoms with Gasteiger partial charge in [0.15, 0.2) is 6.29 Å². The second-order valence-electron chi connectivity index (χ2n) is 4.70. The second kappa shape index (κ2) is 7.73. The molecule has 5 nitrogen and oxygen atoms in total. The number of hydrogen-bond donors (Lipinski definition) is 1. The van der Waals surface area contributed by atoms with E-state index in [0.29, 0.717) is 28.2 Å². The zero-order valence-corrected chi connectivity index (χ0v) is 13.2. The van der Waals surface area contributed by atoms with Gasteiger partial charge in [0, 0.05) is 17.4 Å². The van der Waals surface area contributed by atoms with Gasteiger partial charge in [-0.15, -0.1) is 11.3 Å². The van der Waals surface area contributed by atoms with Crippen molar-refractivity contribution in [2.45, 2.75) is 19.4 Å². The molecule has 1 heterocycles. The quantitative estimate of drug-likeness (QED) is 0.748. The Labute approximate surface area is 136 Å². The molecule has 0 saturated carbocycles. The standard InChI is InChI=1S/C16H15FO5S/c1-21-14-7-12(23-15(14)8-18)9-22-11-4-2-10(13(17)6-11)3-5-16(19)20/h2,4,6-8H,3,5,9H2,1H3,(H,19,20). The third-order valence-corrected chi connectivity index (χ3v) is 4.13. The summed E-state index contributed by atoms with van der Waals surface area (Å²) >= 11 is 1.24. The molecule has 0 bridgehead atoms. The first-order valence-corrected chi connectivity index (χ1v) is 7.60. The van der Waals surface area contributed by atoms with Crippen molar-refractivity contribution < 1.29 is 28.6 Å². The van der Waals surface area contributed by atoms with Crippen molar-refractivity contribution in [3.05, 3.63) is 45.4 Å². The lowest BCUT2D eigenvalue weighted by Gasteiger charge is -2.07. The highest BCUT2D eigenvalue weighted by Crippen LogP contribution is 2.28.